The molecular formula is C15H26N2O2. The summed E-state index contributed by atoms with van der Waals surface area (Å²) >= 11 is 0. The van der Waals surface area contributed by atoms with E-state index in [2.05, 4.69) is 18.0 Å². The predicted molar refractivity (Wildman–Crippen MR) is 77.9 cm³/mol. The molecule has 2 N–H and O–H groups in total. The van der Waals surface area contributed by atoms with Crippen molar-refractivity contribution in [2.45, 2.75) is 32.1 Å². The van der Waals surface area contributed by atoms with Crippen LogP contribution in [0.3, 0.4) is 0 Å². The maximum Gasteiger partial charge on any atom is 0.234 e. The topological polar surface area (TPSA) is 52.6 Å². The van der Waals surface area contributed by atoms with E-state index in [0.29, 0.717) is 26.2 Å². The summed E-state index contributed by atoms with van der Waals surface area (Å²) in [5.41, 5.74) is 1.48. The lowest BCUT2D eigenvalue weighted by atomic mass is 9.97. The van der Waals surface area contributed by atoms with Crippen molar-refractivity contribution >= 4 is 5.91 Å². The van der Waals surface area contributed by atoms with Crippen molar-refractivity contribution in [3.8, 4) is 0 Å². The minimum Gasteiger partial charge on any atom is -0.395 e. The largest absolute Gasteiger partial charge is 0.395 e. The van der Waals surface area contributed by atoms with Crippen LogP contribution < -0.4 is 5.32 Å². The first-order valence-corrected chi connectivity index (χ1v) is 7.15. The molecule has 0 saturated carbocycles. The van der Waals surface area contributed by atoms with Gasteiger partial charge in [0, 0.05) is 19.6 Å². The minimum absolute atomic E-state index is 0.0201. The Kier molecular flexibility index (Phi) is 8.18. The molecule has 1 aliphatic rings. The first kappa shape index (κ1) is 15.9. The van der Waals surface area contributed by atoms with Crippen molar-refractivity contribution in [1.82, 2.24) is 10.2 Å². The van der Waals surface area contributed by atoms with Crippen LogP contribution in [0, 0.1) is 0 Å². The number of rotatable bonds is 9. The fourth-order valence-corrected chi connectivity index (χ4v) is 2.31. The number of aliphatic hydroxyl groups excluding tert-OH is 1. The molecule has 108 valence electrons. The molecule has 0 aliphatic heterocycles. The Morgan fingerprint density at radius 3 is 3.00 bits per heavy atom. The molecule has 4 nitrogen and oxygen atoms in total. The molecule has 0 aromatic rings. The van der Waals surface area contributed by atoms with E-state index < -0.39 is 0 Å². The molecule has 19 heavy (non-hydrogen) atoms. The van der Waals surface area contributed by atoms with Crippen molar-refractivity contribution < 1.29 is 9.90 Å². The lowest BCUT2D eigenvalue weighted by Crippen LogP contribution is -2.39. The van der Waals surface area contributed by atoms with Crippen LogP contribution in [0.25, 0.3) is 0 Å². The molecule has 0 aromatic heterocycles. The van der Waals surface area contributed by atoms with E-state index in [1.807, 2.05) is 4.90 Å². The smallest absolute Gasteiger partial charge is 0.234 e. The molecule has 0 spiro atoms. The molecule has 1 aliphatic carbocycles. The highest BCUT2D eigenvalue weighted by molar-refractivity contribution is 5.78. The van der Waals surface area contributed by atoms with Gasteiger partial charge in [-0.05, 0) is 32.1 Å². The number of hydrogen-bond acceptors (Lipinski definition) is 3. The van der Waals surface area contributed by atoms with E-state index in [1.165, 1.54) is 31.3 Å². The second-order valence-corrected chi connectivity index (χ2v) is 4.96. The van der Waals surface area contributed by atoms with Gasteiger partial charge in [0.25, 0.3) is 0 Å². The zero-order chi connectivity index (χ0) is 13.9. The summed E-state index contributed by atoms with van der Waals surface area (Å²) in [5.74, 6) is 0.0201. The normalized spacial score (nSPS) is 15.2. The second kappa shape index (κ2) is 9.75. The summed E-state index contributed by atoms with van der Waals surface area (Å²) in [4.78, 5) is 13.6. The maximum absolute atomic E-state index is 11.8. The molecule has 4 heteroatoms. The Morgan fingerprint density at radius 1 is 1.53 bits per heavy atom. The maximum atomic E-state index is 11.8. The summed E-state index contributed by atoms with van der Waals surface area (Å²) in [7, 11) is 0. The summed E-state index contributed by atoms with van der Waals surface area (Å²) in [6, 6.07) is 0. The van der Waals surface area contributed by atoms with Gasteiger partial charge in [-0.15, -0.1) is 6.58 Å². The van der Waals surface area contributed by atoms with Crippen LogP contribution in [0.2, 0.25) is 0 Å². The summed E-state index contributed by atoms with van der Waals surface area (Å²) in [6.07, 6.45) is 9.97. The van der Waals surface area contributed by atoms with E-state index in [-0.39, 0.29) is 12.5 Å². The molecule has 0 atom stereocenters. The van der Waals surface area contributed by atoms with Gasteiger partial charge >= 0.3 is 0 Å². The van der Waals surface area contributed by atoms with Crippen LogP contribution in [-0.4, -0.2) is 48.7 Å². The van der Waals surface area contributed by atoms with E-state index in [9.17, 15) is 4.79 Å². The predicted octanol–water partition coefficient (Wildman–Crippen LogP) is 1.47. The van der Waals surface area contributed by atoms with Gasteiger partial charge in [-0.3, -0.25) is 9.69 Å². The van der Waals surface area contributed by atoms with Crippen LogP contribution in [0.1, 0.15) is 32.1 Å². The summed E-state index contributed by atoms with van der Waals surface area (Å²) in [5, 5.41) is 11.8. The van der Waals surface area contributed by atoms with Crippen LogP contribution in [-0.2, 0) is 4.79 Å². The summed E-state index contributed by atoms with van der Waals surface area (Å²) < 4.78 is 0. The molecule has 0 heterocycles. The highest BCUT2D eigenvalue weighted by Crippen LogP contribution is 2.19. The quantitative estimate of drug-likeness (QED) is 0.621. The zero-order valence-corrected chi connectivity index (χ0v) is 11.7. The molecule has 0 radical (unpaired) electrons. The van der Waals surface area contributed by atoms with Gasteiger partial charge in [0.2, 0.25) is 5.91 Å². The van der Waals surface area contributed by atoms with E-state index in [4.69, 9.17) is 5.11 Å². The Morgan fingerprint density at radius 2 is 2.37 bits per heavy atom. The molecule has 1 rings (SSSR count). The van der Waals surface area contributed by atoms with Gasteiger partial charge in [0.1, 0.15) is 0 Å². The second-order valence-electron chi connectivity index (χ2n) is 4.96. The van der Waals surface area contributed by atoms with Gasteiger partial charge in [0.05, 0.1) is 13.2 Å². The van der Waals surface area contributed by atoms with Crippen LogP contribution in [0.15, 0.2) is 24.3 Å². The van der Waals surface area contributed by atoms with E-state index >= 15 is 0 Å². The number of amides is 1. The van der Waals surface area contributed by atoms with Crippen LogP contribution in [0.5, 0.6) is 0 Å². The van der Waals surface area contributed by atoms with Crippen molar-refractivity contribution in [2.24, 2.45) is 0 Å². The molecule has 1 amide bonds. The Balaban J connectivity index is 2.18. The lowest BCUT2D eigenvalue weighted by Gasteiger charge is -2.19. The highest BCUT2D eigenvalue weighted by Gasteiger charge is 2.09. The Hall–Kier alpha value is -1.13. The number of aliphatic hydroxyl groups is 1. The SMILES string of the molecule is C=CCN(CCO)CC(=O)NCCC1=CCCCC1. The Labute approximate surface area is 116 Å². The first-order chi connectivity index (χ1) is 9.26. The molecule has 0 bridgehead atoms. The standard InChI is InChI=1S/C15H26N2O2/c1-2-10-17(11-12-18)13-15(19)16-9-8-14-6-4-3-5-7-14/h2,6,18H,1,3-5,7-13H2,(H,16,19). The van der Waals surface area contributed by atoms with Crippen molar-refractivity contribution in [2.75, 3.05) is 32.8 Å². The van der Waals surface area contributed by atoms with Crippen molar-refractivity contribution in [3.05, 3.63) is 24.3 Å². The third-order valence-electron chi connectivity index (χ3n) is 3.32. The number of hydrogen-bond donors (Lipinski definition) is 2. The van der Waals surface area contributed by atoms with Crippen LogP contribution >= 0.6 is 0 Å². The third-order valence-corrected chi connectivity index (χ3v) is 3.32. The number of nitrogens with one attached hydrogen (secondary N) is 1. The molecular weight excluding hydrogens is 240 g/mol. The monoisotopic (exact) mass is 266 g/mol. The number of carbonyl (C=O) groups excluding carboxylic acids is 1. The molecule has 0 aromatic carbocycles. The Bertz CT molecular complexity index is 313. The van der Waals surface area contributed by atoms with Crippen LogP contribution in [0.4, 0.5) is 0 Å². The number of allylic oxidation sites excluding steroid dienone is 1. The molecule has 0 fully saturated rings. The zero-order valence-electron chi connectivity index (χ0n) is 11.7. The van der Waals surface area contributed by atoms with Gasteiger partial charge in [-0.2, -0.15) is 0 Å². The van der Waals surface area contributed by atoms with Gasteiger partial charge in [-0.25, -0.2) is 0 Å². The third kappa shape index (κ3) is 7.13. The highest BCUT2D eigenvalue weighted by atomic mass is 16.3. The van der Waals surface area contributed by atoms with Gasteiger partial charge in [-0.1, -0.05) is 17.7 Å². The average Bonchev–Trinajstić information content (AvgIpc) is 2.40. The average molecular weight is 266 g/mol. The number of carbonyl (C=O) groups is 1. The van der Waals surface area contributed by atoms with Crippen molar-refractivity contribution in [1.29, 1.82) is 0 Å². The van der Waals surface area contributed by atoms with Crippen molar-refractivity contribution in [3.63, 3.8) is 0 Å². The van der Waals surface area contributed by atoms with Gasteiger partial charge < -0.3 is 10.4 Å². The summed E-state index contributed by atoms with van der Waals surface area (Å²) in [6.45, 7) is 5.88. The fraction of sp³-hybridized carbons (Fsp3) is 0.667. The lowest BCUT2D eigenvalue weighted by molar-refractivity contribution is -0.122. The molecule has 0 unspecified atom stereocenters. The minimum atomic E-state index is 0.0201. The number of nitrogens with zero attached hydrogens (tertiary/aromatic N) is 1. The van der Waals surface area contributed by atoms with E-state index in [1.54, 1.807) is 6.08 Å². The first-order valence-electron chi connectivity index (χ1n) is 7.15. The van der Waals surface area contributed by atoms with Gasteiger partial charge in [0.15, 0.2) is 0 Å². The molecule has 0 saturated heterocycles. The van der Waals surface area contributed by atoms with E-state index in [0.717, 1.165) is 6.42 Å². The fourth-order valence-electron chi connectivity index (χ4n) is 2.31.